The molecule has 0 unspecified atom stereocenters. The molecule has 1 aromatic rings. The molecular weight excluding hydrogens is 240 g/mol. The van der Waals surface area contributed by atoms with Crippen molar-refractivity contribution in [1.29, 1.82) is 0 Å². The summed E-state index contributed by atoms with van der Waals surface area (Å²) in [4.78, 5) is 16.7. The lowest BCUT2D eigenvalue weighted by Crippen LogP contribution is -2.46. The minimum atomic E-state index is -0.0577. The molecule has 0 bridgehead atoms. The number of Topliss-reactive ketones (excluding diaryl/α,β-unsaturated/α-hetero) is 1. The second-order valence-electron chi connectivity index (χ2n) is 5.25. The molecule has 19 heavy (non-hydrogen) atoms. The van der Waals surface area contributed by atoms with Crippen molar-refractivity contribution in [3.8, 4) is 5.75 Å². The van der Waals surface area contributed by atoms with Crippen LogP contribution in [-0.2, 0) is 0 Å². The van der Waals surface area contributed by atoms with Gasteiger partial charge in [-0.3, -0.25) is 4.79 Å². The summed E-state index contributed by atoms with van der Waals surface area (Å²) in [5.74, 6) is 0.628. The molecular formula is C15H22N2O2. The summed E-state index contributed by atoms with van der Waals surface area (Å²) in [6.45, 7) is 0. The molecule has 0 saturated heterocycles. The number of aromatic nitrogens is 1. The first-order valence-corrected chi connectivity index (χ1v) is 6.92. The molecule has 0 atom stereocenters. The lowest BCUT2D eigenvalue weighted by atomic mass is 9.78. The molecule has 0 amide bonds. The van der Waals surface area contributed by atoms with E-state index < -0.39 is 0 Å². The first-order valence-electron chi connectivity index (χ1n) is 6.92. The molecule has 1 heterocycles. The Bertz CT molecular complexity index is 440. The van der Waals surface area contributed by atoms with Gasteiger partial charge in [-0.1, -0.05) is 19.3 Å². The van der Waals surface area contributed by atoms with Gasteiger partial charge in [0.25, 0.3) is 0 Å². The maximum absolute atomic E-state index is 12.5. The number of hydrogen-bond acceptors (Lipinski definition) is 4. The average molecular weight is 262 g/mol. The van der Waals surface area contributed by atoms with Gasteiger partial charge in [0.2, 0.25) is 0 Å². The van der Waals surface area contributed by atoms with Crippen molar-refractivity contribution in [2.75, 3.05) is 14.2 Å². The van der Waals surface area contributed by atoms with Crippen LogP contribution in [0.1, 0.15) is 49.0 Å². The highest BCUT2D eigenvalue weighted by Crippen LogP contribution is 2.32. The van der Waals surface area contributed by atoms with Crippen molar-refractivity contribution in [3.05, 3.63) is 24.0 Å². The average Bonchev–Trinajstić information content (AvgIpc) is 2.48. The predicted molar refractivity (Wildman–Crippen MR) is 74.6 cm³/mol. The predicted octanol–water partition coefficient (Wildman–Crippen LogP) is 2.59. The van der Waals surface area contributed by atoms with Gasteiger partial charge in [-0.05, 0) is 32.0 Å². The molecule has 0 aromatic carbocycles. The highest BCUT2D eigenvalue weighted by Gasteiger charge is 2.33. The Morgan fingerprint density at radius 3 is 2.79 bits per heavy atom. The van der Waals surface area contributed by atoms with Gasteiger partial charge in [-0.15, -0.1) is 0 Å². The molecule has 104 valence electrons. The Balaban J connectivity index is 2.15. The number of ketones is 1. The third-order valence-electron chi connectivity index (χ3n) is 4.09. The van der Waals surface area contributed by atoms with Crippen molar-refractivity contribution < 1.29 is 9.53 Å². The summed E-state index contributed by atoms with van der Waals surface area (Å²) in [5.41, 5.74) is 0.392. The molecule has 2 rings (SSSR count). The number of carbonyl (C=O) groups excluding carboxylic acids is 1. The summed E-state index contributed by atoms with van der Waals surface area (Å²) in [6.07, 6.45) is 7.90. The van der Waals surface area contributed by atoms with Crippen molar-refractivity contribution in [1.82, 2.24) is 10.3 Å². The third kappa shape index (κ3) is 3.13. The van der Waals surface area contributed by atoms with Gasteiger partial charge < -0.3 is 10.1 Å². The summed E-state index contributed by atoms with van der Waals surface area (Å²) in [6, 6.07) is 3.57. The molecule has 1 aliphatic rings. The van der Waals surface area contributed by atoms with E-state index in [4.69, 9.17) is 4.74 Å². The van der Waals surface area contributed by atoms with E-state index in [1.165, 1.54) is 19.3 Å². The number of pyridine rings is 1. The smallest absolute Gasteiger partial charge is 0.186 e. The number of hydrogen-bond donors (Lipinski definition) is 1. The zero-order valence-electron chi connectivity index (χ0n) is 11.7. The fourth-order valence-corrected chi connectivity index (χ4v) is 2.90. The molecule has 1 N–H and O–H groups in total. The SMILES string of the molecule is CNC1(CC(=O)c2ncccc2OC)CCCCC1. The largest absolute Gasteiger partial charge is 0.494 e. The fraction of sp³-hybridized carbons (Fsp3) is 0.600. The van der Waals surface area contributed by atoms with Gasteiger partial charge in [0.1, 0.15) is 11.4 Å². The lowest BCUT2D eigenvalue weighted by molar-refractivity contribution is 0.0906. The molecule has 1 aliphatic carbocycles. The number of carbonyl (C=O) groups is 1. The highest BCUT2D eigenvalue weighted by atomic mass is 16.5. The van der Waals surface area contributed by atoms with Gasteiger partial charge in [0.15, 0.2) is 5.78 Å². The second kappa shape index (κ2) is 6.15. The first kappa shape index (κ1) is 14.0. The van der Waals surface area contributed by atoms with Gasteiger partial charge in [-0.2, -0.15) is 0 Å². The zero-order chi connectivity index (χ0) is 13.7. The van der Waals surface area contributed by atoms with Crippen LogP contribution in [0.15, 0.2) is 18.3 Å². The number of ether oxygens (including phenoxy) is 1. The van der Waals surface area contributed by atoms with E-state index >= 15 is 0 Å². The van der Waals surface area contributed by atoms with E-state index in [2.05, 4.69) is 10.3 Å². The van der Waals surface area contributed by atoms with Crippen LogP contribution in [0.3, 0.4) is 0 Å². The maximum Gasteiger partial charge on any atom is 0.186 e. The van der Waals surface area contributed by atoms with Gasteiger partial charge in [0, 0.05) is 18.2 Å². The van der Waals surface area contributed by atoms with Crippen LogP contribution in [0.2, 0.25) is 0 Å². The molecule has 1 fully saturated rings. The third-order valence-corrected chi connectivity index (χ3v) is 4.09. The normalized spacial score (nSPS) is 18.0. The van der Waals surface area contributed by atoms with Gasteiger partial charge in [0.05, 0.1) is 7.11 Å². The summed E-state index contributed by atoms with van der Waals surface area (Å²) >= 11 is 0. The van der Waals surface area contributed by atoms with Gasteiger partial charge >= 0.3 is 0 Å². The summed E-state index contributed by atoms with van der Waals surface area (Å²) in [7, 11) is 3.52. The molecule has 4 nitrogen and oxygen atoms in total. The molecule has 4 heteroatoms. The molecule has 0 aliphatic heterocycles. The summed E-state index contributed by atoms with van der Waals surface area (Å²) in [5, 5.41) is 3.37. The Morgan fingerprint density at radius 2 is 2.16 bits per heavy atom. The van der Waals surface area contributed by atoms with E-state index in [1.807, 2.05) is 7.05 Å². The Morgan fingerprint density at radius 1 is 1.42 bits per heavy atom. The minimum absolute atomic E-state index is 0.0577. The maximum atomic E-state index is 12.5. The molecule has 0 spiro atoms. The Kier molecular flexibility index (Phi) is 4.53. The summed E-state index contributed by atoms with van der Waals surface area (Å²) < 4.78 is 5.22. The van der Waals surface area contributed by atoms with E-state index in [-0.39, 0.29) is 11.3 Å². The van der Waals surface area contributed by atoms with Crippen LogP contribution in [0.4, 0.5) is 0 Å². The molecule has 1 aromatic heterocycles. The van der Waals surface area contributed by atoms with Crippen LogP contribution >= 0.6 is 0 Å². The van der Waals surface area contributed by atoms with Crippen molar-refractivity contribution in [2.45, 2.75) is 44.1 Å². The van der Waals surface area contributed by atoms with Crippen LogP contribution in [-0.4, -0.2) is 30.5 Å². The van der Waals surface area contributed by atoms with Crippen molar-refractivity contribution in [3.63, 3.8) is 0 Å². The first-order chi connectivity index (χ1) is 9.21. The van der Waals surface area contributed by atoms with E-state index in [9.17, 15) is 4.79 Å². The van der Waals surface area contributed by atoms with Crippen LogP contribution in [0.25, 0.3) is 0 Å². The molecule has 1 saturated carbocycles. The van der Waals surface area contributed by atoms with Crippen LogP contribution < -0.4 is 10.1 Å². The number of rotatable bonds is 5. The van der Waals surface area contributed by atoms with Crippen molar-refractivity contribution in [2.24, 2.45) is 0 Å². The standard InChI is InChI=1S/C15H22N2O2/c1-16-15(8-4-3-5-9-15)11-12(18)14-13(19-2)7-6-10-17-14/h6-7,10,16H,3-5,8-9,11H2,1-2H3. The monoisotopic (exact) mass is 262 g/mol. The van der Waals surface area contributed by atoms with Crippen LogP contribution in [0.5, 0.6) is 5.75 Å². The highest BCUT2D eigenvalue weighted by molar-refractivity contribution is 5.97. The van der Waals surface area contributed by atoms with E-state index in [0.29, 0.717) is 17.9 Å². The van der Waals surface area contributed by atoms with E-state index in [1.54, 1.807) is 25.4 Å². The Labute approximate surface area is 114 Å². The number of methoxy groups -OCH3 is 1. The zero-order valence-corrected chi connectivity index (χ0v) is 11.7. The fourth-order valence-electron chi connectivity index (χ4n) is 2.90. The van der Waals surface area contributed by atoms with Crippen molar-refractivity contribution >= 4 is 5.78 Å². The van der Waals surface area contributed by atoms with Crippen LogP contribution in [0, 0.1) is 0 Å². The lowest BCUT2D eigenvalue weighted by Gasteiger charge is -2.36. The van der Waals surface area contributed by atoms with E-state index in [0.717, 1.165) is 12.8 Å². The minimum Gasteiger partial charge on any atom is -0.494 e. The quantitative estimate of drug-likeness (QED) is 0.829. The number of nitrogens with zero attached hydrogens (tertiary/aromatic N) is 1. The van der Waals surface area contributed by atoms with Gasteiger partial charge in [-0.25, -0.2) is 4.98 Å². The Hall–Kier alpha value is -1.42. The second-order valence-corrected chi connectivity index (χ2v) is 5.25. The molecule has 0 radical (unpaired) electrons. The topological polar surface area (TPSA) is 51.2 Å². The number of nitrogens with one attached hydrogen (secondary N) is 1.